The molecule has 0 unspecified atom stereocenters. The van der Waals surface area contributed by atoms with Crippen LogP contribution >= 0.6 is 0 Å². The lowest BCUT2D eigenvalue weighted by molar-refractivity contribution is -0.118. The predicted octanol–water partition coefficient (Wildman–Crippen LogP) is 1.86. The maximum absolute atomic E-state index is 12.8. The Labute approximate surface area is 230 Å². The Balaban J connectivity index is 1.09. The van der Waals surface area contributed by atoms with Crippen molar-refractivity contribution in [3.8, 4) is 11.5 Å². The Kier molecular flexibility index (Phi) is 7.27. The molecule has 2 aromatic heterocycles. The van der Waals surface area contributed by atoms with Crippen LogP contribution in [0.5, 0.6) is 11.5 Å². The third kappa shape index (κ3) is 5.19. The largest absolute Gasteiger partial charge is 0.492 e. The number of hydrogen-bond acceptors (Lipinski definition) is 9. The Morgan fingerprint density at radius 3 is 2.85 bits per heavy atom. The third-order valence-electron chi connectivity index (χ3n) is 7.60. The molecule has 40 heavy (non-hydrogen) atoms. The van der Waals surface area contributed by atoms with Crippen molar-refractivity contribution in [2.24, 2.45) is 0 Å². The summed E-state index contributed by atoms with van der Waals surface area (Å²) in [7, 11) is 1.87. The molecule has 1 aliphatic carbocycles. The third-order valence-corrected chi connectivity index (χ3v) is 7.60. The first-order valence-electron chi connectivity index (χ1n) is 13.6. The molecule has 1 saturated carbocycles. The zero-order chi connectivity index (χ0) is 27.6. The van der Waals surface area contributed by atoms with Crippen molar-refractivity contribution in [2.45, 2.75) is 44.0 Å². The van der Waals surface area contributed by atoms with Crippen molar-refractivity contribution in [1.29, 1.82) is 0 Å². The Hall–Kier alpha value is -4.16. The molecule has 210 valence electrons. The van der Waals surface area contributed by atoms with Gasteiger partial charge in [0.15, 0.2) is 18.2 Å². The molecule has 2 aliphatic heterocycles. The number of hydrogen-bond donors (Lipinski definition) is 3. The van der Waals surface area contributed by atoms with E-state index in [9.17, 15) is 14.4 Å². The maximum Gasteiger partial charge on any atom is 0.416 e. The number of carbonyl (C=O) groups is 2. The number of aromatic nitrogens is 2. The molecule has 12 heteroatoms. The van der Waals surface area contributed by atoms with Crippen LogP contribution < -0.4 is 35.9 Å². The van der Waals surface area contributed by atoms with Crippen LogP contribution in [-0.2, 0) is 16.1 Å². The zero-order valence-corrected chi connectivity index (χ0v) is 22.2. The first-order chi connectivity index (χ1) is 19.5. The molecule has 3 aliphatic rings. The molecule has 12 nitrogen and oxygen atoms in total. The van der Waals surface area contributed by atoms with Gasteiger partial charge in [0.25, 0.3) is 11.5 Å². The standard InChI is InChI=1S/C28H32N6O6/c1-29-11-13-38-19-5-2-17-3-9-26(36)33(21(17)15-19)12-10-30-18-4-6-20-23(14-18)40-28(37)34(20)24-8-7-22-27(31-24)32-25(35)16-39-22/h2-3,5,7-9,15,18,20,23,29-30H,4,6,10-14,16H2,1H3,(H,31,32,35)/t18-,20-,23-/m1/s1. The number of ether oxygens (including phenoxy) is 3. The van der Waals surface area contributed by atoms with Gasteiger partial charge in [-0.25, -0.2) is 9.78 Å². The summed E-state index contributed by atoms with van der Waals surface area (Å²) in [6.45, 7) is 2.31. The van der Waals surface area contributed by atoms with E-state index in [1.807, 2.05) is 31.3 Å². The van der Waals surface area contributed by atoms with E-state index >= 15 is 0 Å². The predicted molar refractivity (Wildman–Crippen MR) is 148 cm³/mol. The molecular formula is C28H32N6O6. The van der Waals surface area contributed by atoms with E-state index in [1.54, 1.807) is 27.7 Å². The maximum atomic E-state index is 12.8. The van der Waals surface area contributed by atoms with Gasteiger partial charge in [-0.05, 0) is 55.6 Å². The molecular weight excluding hydrogens is 516 g/mol. The normalized spacial score (nSPS) is 21.8. The SMILES string of the molecule is CNCCOc1ccc2ccc(=O)n(CCN[C@@H]3CC[C@@H]4[C@@H](C3)OC(=O)N4c3ccc4c(n3)NC(=O)CO4)c2c1. The molecule has 0 radical (unpaired) electrons. The van der Waals surface area contributed by atoms with Crippen molar-refractivity contribution in [1.82, 2.24) is 20.2 Å². The van der Waals surface area contributed by atoms with E-state index in [-0.39, 0.29) is 36.3 Å². The van der Waals surface area contributed by atoms with E-state index in [0.717, 1.165) is 36.0 Å². The number of likely N-dealkylation sites (N-methyl/N-ethyl adjacent to an activating group) is 1. The Bertz CT molecular complexity index is 1490. The summed E-state index contributed by atoms with van der Waals surface area (Å²) in [4.78, 5) is 43.3. The Morgan fingerprint density at radius 2 is 1.98 bits per heavy atom. The molecule has 1 saturated heterocycles. The van der Waals surface area contributed by atoms with Gasteiger partial charge in [-0.2, -0.15) is 0 Å². The fraction of sp³-hybridized carbons (Fsp3) is 0.429. The van der Waals surface area contributed by atoms with E-state index in [0.29, 0.717) is 43.5 Å². The van der Waals surface area contributed by atoms with Crippen molar-refractivity contribution >= 4 is 34.5 Å². The minimum atomic E-state index is -0.443. The summed E-state index contributed by atoms with van der Waals surface area (Å²) >= 11 is 0. The quantitative estimate of drug-likeness (QED) is 0.342. The fourth-order valence-corrected chi connectivity index (χ4v) is 5.63. The summed E-state index contributed by atoms with van der Waals surface area (Å²) in [5.41, 5.74) is 0.768. The lowest BCUT2D eigenvalue weighted by Crippen LogP contribution is -2.46. The molecule has 1 aromatic carbocycles. The summed E-state index contributed by atoms with van der Waals surface area (Å²) in [6.07, 6.45) is 1.51. The molecule has 3 aromatic rings. The van der Waals surface area contributed by atoms with Gasteiger partial charge in [0.2, 0.25) is 0 Å². The van der Waals surface area contributed by atoms with Gasteiger partial charge < -0.3 is 34.7 Å². The first-order valence-corrected chi connectivity index (χ1v) is 13.6. The van der Waals surface area contributed by atoms with Gasteiger partial charge >= 0.3 is 6.09 Å². The minimum Gasteiger partial charge on any atom is -0.492 e. The number of anilines is 2. The van der Waals surface area contributed by atoms with Gasteiger partial charge in [0.05, 0.1) is 11.6 Å². The van der Waals surface area contributed by atoms with E-state index < -0.39 is 6.09 Å². The van der Waals surface area contributed by atoms with Crippen LogP contribution in [0.25, 0.3) is 10.9 Å². The molecule has 2 amide bonds. The number of nitrogens with zero attached hydrogens (tertiary/aromatic N) is 3. The van der Waals surface area contributed by atoms with Gasteiger partial charge in [-0.15, -0.1) is 0 Å². The van der Waals surface area contributed by atoms with E-state index in [1.165, 1.54) is 0 Å². The highest BCUT2D eigenvalue weighted by Gasteiger charge is 2.46. The second-order valence-electron chi connectivity index (χ2n) is 10.2. The summed E-state index contributed by atoms with van der Waals surface area (Å²) in [5, 5.41) is 10.3. The Morgan fingerprint density at radius 1 is 1.10 bits per heavy atom. The van der Waals surface area contributed by atoms with Crippen LogP contribution in [0, 0.1) is 0 Å². The van der Waals surface area contributed by atoms with Crippen LogP contribution in [-0.4, -0.2) is 73.1 Å². The lowest BCUT2D eigenvalue weighted by Gasteiger charge is -2.33. The summed E-state index contributed by atoms with van der Waals surface area (Å²) in [5.74, 6) is 1.65. The molecule has 3 atom stereocenters. The molecule has 0 spiro atoms. The van der Waals surface area contributed by atoms with Crippen molar-refractivity contribution in [3.63, 3.8) is 0 Å². The molecule has 6 rings (SSSR count). The lowest BCUT2D eigenvalue weighted by atomic mass is 9.88. The topological polar surface area (TPSA) is 136 Å². The number of benzene rings is 1. The number of pyridine rings is 2. The highest BCUT2D eigenvalue weighted by molar-refractivity contribution is 5.95. The number of nitrogens with one attached hydrogen (secondary N) is 3. The molecule has 3 N–H and O–H groups in total. The molecule has 4 heterocycles. The molecule has 2 fully saturated rings. The number of carbonyl (C=O) groups excluding carboxylic acids is 2. The average molecular weight is 549 g/mol. The van der Waals surface area contributed by atoms with Crippen molar-refractivity contribution in [2.75, 3.05) is 43.6 Å². The first kappa shape index (κ1) is 26.1. The minimum absolute atomic E-state index is 0.0551. The number of fused-ring (bicyclic) bond motifs is 3. The van der Waals surface area contributed by atoms with Gasteiger partial charge in [0, 0.05) is 44.2 Å². The van der Waals surface area contributed by atoms with Crippen molar-refractivity contribution in [3.05, 3.63) is 52.8 Å². The summed E-state index contributed by atoms with van der Waals surface area (Å²) < 4.78 is 18.7. The second-order valence-corrected chi connectivity index (χ2v) is 10.2. The van der Waals surface area contributed by atoms with Crippen LogP contribution in [0.1, 0.15) is 19.3 Å². The van der Waals surface area contributed by atoms with Crippen LogP contribution in [0.15, 0.2) is 47.3 Å². The molecule has 0 bridgehead atoms. The summed E-state index contributed by atoms with van der Waals surface area (Å²) in [6, 6.07) is 12.6. The van der Waals surface area contributed by atoms with Crippen molar-refractivity contribution < 1.29 is 23.8 Å². The average Bonchev–Trinajstić information content (AvgIpc) is 3.28. The number of rotatable bonds is 9. The van der Waals surface area contributed by atoms with Crippen LogP contribution in [0.3, 0.4) is 0 Å². The van der Waals surface area contributed by atoms with Gasteiger partial charge in [0.1, 0.15) is 24.3 Å². The monoisotopic (exact) mass is 548 g/mol. The van der Waals surface area contributed by atoms with E-state index in [4.69, 9.17) is 14.2 Å². The zero-order valence-electron chi connectivity index (χ0n) is 22.2. The number of amides is 2. The van der Waals surface area contributed by atoms with E-state index in [2.05, 4.69) is 20.9 Å². The highest BCUT2D eigenvalue weighted by atomic mass is 16.6. The highest BCUT2D eigenvalue weighted by Crippen LogP contribution is 2.37. The van der Waals surface area contributed by atoms with Crippen LogP contribution in [0.4, 0.5) is 16.4 Å². The smallest absolute Gasteiger partial charge is 0.416 e. The second kappa shape index (κ2) is 11.1. The van der Waals surface area contributed by atoms with Gasteiger partial charge in [-0.3, -0.25) is 14.5 Å². The van der Waals surface area contributed by atoms with Gasteiger partial charge in [-0.1, -0.05) is 0 Å². The fourth-order valence-electron chi connectivity index (χ4n) is 5.63. The van der Waals surface area contributed by atoms with Crippen LogP contribution in [0.2, 0.25) is 0 Å².